The molecule has 0 saturated heterocycles. The maximum atomic E-state index is 10.4. The van der Waals surface area contributed by atoms with Crippen LogP contribution in [0.2, 0.25) is 0 Å². The van der Waals surface area contributed by atoms with E-state index in [1.165, 1.54) is 11.3 Å². The van der Waals surface area contributed by atoms with Crippen molar-refractivity contribution in [2.45, 2.75) is 6.42 Å². The monoisotopic (exact) mass is 232 g/mol. The molecule has 14 heavy (non-hydrogen) atoms. The molecular formula is C8H12N2O2S2. The van der Waals surface area contributed by atoms with E-state index >= 15 is 0 Å². The van der Waals surface area contributed by atoms with E-state index in [4.69, 9.17) is 5.11 Å². The zero-order valence-corrected chi connectivity index (χ0v) is 9.45. The molecule has 0 aliphatic rings. The first kappa shape index (κ1) is 11.3. The summed E-state index contributed by atoms with van der Waals surface area (Å²) < 4.78 is 0. The standard InChI is InChI=1S/C8H12N2O2S2/c1-13-3-2-9-8-10-6(5-14-8)4-7(11)12/h5H,2-4H2,1H3,(H,9,10)(H,11,12). The van der Waals surface area contributed by atoms with Crippen LogP contribution < -0.4 is 5.32 Å². The number of thioether (sulfide) groups is 1. The summed E-state index contributed by atoms with van der Waals surface area (Å²) >= 11 is 3.21. The van der Waals surface area contributed by atoms with Gasteiger partial charge in [-0.25, -0.2) is 4.98 Å². The highest BCUT2D eigenvalue weighted by Crippen LogP contribution is 2.15. The quantitative estimate of drug-likeness (QED) is 0.729. The molecule has 0 radical (unpaired) electrons. The molecule has 0 spiro atoms. The zero-order valence-electron chi connectivity index (χ0n) is 7.82. The molecule has 1 rings (SSSR count). The first-order valence-corrected chi connectivity index (χ1v) is 6.38. The molecule has 0 aliphatic carbocycles. The smallest absolute Gasteiger partial charge is 0.309 e. The first-order chi connectivity index (χ1) is 6.72. The van der Waals surface area contributed by atoms with E-state index < -0.39 is 5.97 Å². The minimum atomic E-state index is -0.842. The number of hydrogen-bond acceptors (Lipinski definition) is 5. The van der Waals surface area contributed by atoms with Crippen LogP contribution in [0.3, 0.4) is 0 Å². The molecule has 2 N–H and O–H groups in total. The molecule has 0 saturated carbocycles. The number of hydrogen-bond donors (Lipinski definition) is 2. The van der Waals surface area contributed by atoms with Crippen LogP contribution in [0.15, 0.2) is 5.38 Å². The predicted octanol–water partition coefficient (Wildman–Crippen LogP) is 1.55. The second-order valence-corrected chi connectivity index (χ2v) is 4.48. The van der Waals surface area contributed by atoms with Gasteiger partial charge in [-0.2, -0.15) is 11.8 Å². The van der Waals surface area contributed by atoms with E-state index in [-0.39, 0.29) is 6.42 Å². The lowest BCUT2D eigenvalue weighted by atomic mass is 10.3. The molecule has 1 aromatic heterocycles. The maximum Gasteiger partial charge on any atom is 0.309 e. The van der Waals surface area contributed by atoms with Gasteiger partial charge >= 0.3 is 5.97 Å². The average Bonchev–Trinajstić information content (AvgIpc) is 2.52. The lowest BCUT2D eigenvalue weighted by Crippen LogP contribution is -2.04. The Labute approximate surface area is 90.7 Å². The van der Waals surface area contributed by atoms with Crippen LogP contribution >= 0.6 is 23.1 Å². The van der Waals surface area contributed by atoms with Gasteiger partial charge in [-0.3, -0.25) is 4.79 Å². The first-order valence-electron chi connectivity index (χ1n) is 4.11. The van der Waals surface area contributed by atoms with Gasteiger partial charge < -0.3 is 10.4 Å². The fourth-order valence-corrected chi connectivity index (χ4v) is 1.93. The number of rotatable bonds is 6. The summed E-state index contributed by atoms with van der Waals surface area (Å²) in [7, 11) is 0. The van der Waals surface area contributed by atoms with Crippen LogP contribution in [0.4, 0.5) is 5.13 Å². The van der Waals surface area contributed by atoms with Crippen molar-refractivity contribution >= 4 is 34.2 Å². The predicted molar refractivity (Wildman–Crippen MR) is 60.3 cm³/mol. The third-order valence-electron chi connectivity index (χ3n) is 1.47. The van der Waals surface area contributed by atoms with Gasteiger partial charge in [0.1, 0.15) is 0 Å². The Balaban J connectivity index is 2.38. The van der Waals surface area contributed by atoms with Crippen LogP contribution in [0, 0.1) is 0 Å². The third kappa shape index (κ3) is 3.97. The summed E-state index contributed by atoms with van der Waals surface area (Å²) in [6, 6.07) is 0. The summed E-state index contributed by atoms with van der Waals surface area (Å²) in [4.78, 5) is 14.5. The Morgan fingerprint density at radius 2 is 2.57 bits per heavy atom. The van der Waals surface area contributed by atoms with Crippen LogP contribution in [-0.4, -0.2) is 34.6 Å². The van der Waals surface area contributed by atoms with Crippen LogP contribution in [0.5, 0.6) is 0 Å². The van der Waals surface area contributed by atoms with Crippen LogP contribution in [0.25, 0.3) is 0 Å². The van der Waals surface area contributed by atoms with E-state index in [9.17, 15) is 4.79 Å². The fourth-order valence-electron chi connectivity index (χ4n) is 0.884. The largest absolute Gasteiger partial charge is 0.481 e. The van der Waals surface area contributed by atoms with Crippen molar-refractivity contribution in [1.29, 1.82) is 0 Å². The highest BCUT2D eigenvalue weighted by Gasteiger charge is 2.05. The van der Waals surface area contributed by atoms with Gasteiger partial charge in [-0.15, -0.1) is 11.3 Å². The zero-order chi connectivity index (χ0) is 10.4. The Morgan fingerprint density at radius 1 is 1.79 bits per heavy atom. The molecule has 0 amide bonds. The lowest BCUT2D eigenvalue weighted by molar-refractivity contribution is -0.136. The Morgan fingerprint density at radius 3 is 3.21 bits per heavy atom. The number of nitrogens with zero attached hydrogens (tertiary/aromatic N) is 1. The molecule has 0 atom stereocenters. The summed E-state index contributed by atoms with van der Waals surface area (Å²) in [6.45, 7) is 0.862. The number of thiazole rings is 1. The third-order valence-corrected chi connectivity index (χ3v) is 2.93. The summed E-state index contributed by atoms with van der Waals surface area (Å²) in [5, 5.41) is 14.2. The normalized spacial score (nSPS) is 10.1. The van der Waals surface area contributed by atoms with E-state index in [1.54, 1.807) is 17.1 Å². The number of aliphatic carboxylic acids is 1. The van der Waals surface area contributed by atoms with Gasteiger partial charge in [0, 0.05) is 17.7 Å². The van der Waals surface area contributed by atoms with Gasteiger partial charge in [0.25, 0.3) is 0 Å². The van der Waals surface area contributed by atoms with Crippen molar-refractivity contribution in [2.75, 3.05) is 23.9 Å². The minimum Gasteiger partial charge on any atom is -0.481 e. The summed E-state index contributed by atoms with van der Waals surface area (Å²) in [5.74, 6) is 0.180. The second-order valence-electron chi connectivity index (χ2n) is 2.63. The Hall–Kier alpha value is -0.750. The second kappa shape index (κ2) is 5.87. The molecule has 0 unspecified atom stereocenters. The molecule has 0 bridgehead atoms. The molecule has 0 aliphatic heterocycles. The minimum absolute atomic E-state index is 0.000702. The SMILES string of the molecule is CSCCNc1nc(CC(=O)O)cs1. The van der Waals surface area contributed by atoms with Crippen molar-refractivity contribution in [2.24, 2.45) is 0 Å². The Kier molecular flexibility index (Phi) is 4.75. The molecule has 78 valence electrons. The average molecular weight is 232 g/mol. The number of aromatic nitrogens is 1. The Bertz CT molecular complexity index is 301. The van der Waals surface area contributed by atoms with Gasteiger partial charge in [-0.05, 0) is 6.26 Å². The van der Waals surface area contributed by atoms with E-state index in [2.05, 4.69) is 10.3 Å². The van der Waals surface area contributed by atoms with Crippen molar-refractivity contribution in [3.63, 3.8) is 0 Å². The van der Waals surface area contributed by atoms with Gasteiger partial charge in [-0.1, -0.05) is 0 Å². The molecular weight excluding hydrogens is 220 g/mol. The molecule has 4 nitrogen and oxygen atoms in total. The van der Waals surface area contributed by atoms with Crippen molar-refractivity contribution in [3.05, 3.63) is 11.1 Å². The van der Waals surface area contributed by atoms with E-state index in [0.29, 0.717) is 5.69 Å². The molecule has 0 aromatic carbocycles. The van der Waals surface area contributed by atoms with Crippen molar-refractivity contribution in [1.82, 2.24) is 4.98 Å². The van der Waals surface area contributed by atoms with E-state index in [1.807, 2.05) is 6.26 Å². The summed E-state index contributed by atoms with van der Waals surface area (Å²) in [6.07, 6.45) is 2.04. The maximum absolute atomic E-state index is 10.4. The van der Waals surface area contributed by atoms with Gasteiger partial charge in [0.05, 0.1) is 12.1 Å². The van der Waals surface area contributed by atoms with Gasteiger partial charge in [0.15, 0.2) is 5.13 Å². The number of anilines is 1. The highest BCUT2D eigenvalue weighted by atomic mass is 32.2. The van der Waals surface area contributed by atoms with Gasteiger partial charge in [0.2, 0.25) is 0 Å². The molecule has 6 heteroatoms. The number of nitrogens with one attached hydrogen (secondary N) is 1. The molecule has 1 aromatic rings. The summed E-state index contributed by atoms with van der Waals surface area (Å²) in [5.41, 5.74) is 0.620. The fraction of sp³-hybridized carbons (Fsp3) is 0.500. The van der Waals surface area contributed by atoms with Crippen LogP contribution in [-0.2, 0) is 11.2 Å². The lowest BCUT2D eigenvalue weighted by Gasteiger charge is -1.98. The molecule has 0 fully saturated rings. The van der Waals surface area contributed by atoms with E-state index in [0.717, 1.165) is 17.4 Å². The highest BCUT2D eigenvalue weighted by molar-refractivity contribution is 7.98. The van der Waals surface area contributed by atoms with Crippen LogP contribution in [0.1, 0.15) is 5.69 Å². The number of carbonyl (C=O) groups is 1. The molecule has 1 heterocycles. The topological polar surface area (TPSA) is 62.2 Å². The number of carboxylic acids is 1. The van der Waals surface area contributed by atoms with Crippen molar-refractivity contribution < 1.29 is 9.90 Å². The number of carboxylic acid groups (broad SMARTS) is 1. The van der Waals surface area contributed by atoms with Crippen molar-refractivity contribution in [3.8, 4) is 0 Å².